The Labute approximate surface area is 73.0 Å². The fraction of sp³-hybridized carbons (Fsp3) is 0.143. The van der Waals surface area contributed by atoms with E-state index >= 15 is 0 Å². The molecule has 0 saturated carbocycles. The first kappa shape index (κ1) is 8.08. The summed E-state index contributed by atoms with van der Waals surface area (Å²) in [6.45, 7) is 0. The largest absolute Gasteiger partial charge is 0.207 e. The summed E-state index contributed by atoms with van der Waals surface area (Å²) in [4.78, 5) is 0. The van der Waals surface area contributed by atoms with Gasteiger partial charge < -0.3 is 0 Å². The Morgan fingerprint density at radius 2 is 2.00 bits per heavy atom. The number of benzene rings is 1. The zero-order chi connectivity index (χ0) is 7.56. The van der Waals surface area contributed by atoms with Gasteiger partial charge in [-0.3, -0.25) is 0 Å². The minimum Gasteiger partial charge on any atom is -0.207 e. The van der Waals surface area contributed by atoms with Crippen LogP contribution in [0.1, 0.15) is 9.72 Å². The van der Waals surface area contributed by atoms with Crippen LogP contribution in [-0.4, -0.2) is 0 Å². The highest BCUT2D eigenvalue weighted by Crippen LogP contribution is 2.27. The molecule has 1 rings (SSSR count). The number of hydrogen-bond donors (Lipinski definition) is 1. The summed E-state index contributed by atoms with van der Waals surface area (Å²) in [5.74, 6) is -0.223. The second-order valence-corrected chi connectivity index (χ2v) is 4.00. The van der Waals surface area contributed by atoms with Crippen molar-refractivity contribution in [1.82, 2.24) is 0 Å². The topological polar surface area (TPSA) is 0 Å². The van der Waals surface area contributed by atoms with Crippen molar-refractivity contribution in [2.24, 2.45) is 0 Å². The summed E-state index contributed by atoms with van der Waals surface area (Å²) in [6, 6.07) is 6.55. The van der Waals surface area contributed by atoms with E-state index in [2.05, 4.69) is 28.6 Å². The Morgan fingerprint density at radius 1 is 1.40 bits per heavy atom. The van der Waals surface area contributed by atoms with Crippen LogP contribution in [0, 0.1) is 5.82 Å². The molecule has 0 aliphatic heterocycles. The molecular formula is C7H6BrFS. The first-order valence-corrected chi connectivity index (χ1v) is 4.21. The molecule has 0 amide bonds. The number of rotatable bonds is 1. The van der Waals surface area contributed by atoms with Crippen molar-refractivity contribution in [1.29, 1.82) is 0 Å². The molecule has 0 aliphatic carbocycles. The number of hydrogen-bond acceptors (Lipinski definition) is 1. The second-order valence-electron chi connectivity index (χ2n) is 1.86. The first-order chi connectivity index (χ1) is 4.72. The van der Waals surface area contributed by atoms with Gasteiger partial charge >= 0.3 is 0 Å². The predicted molar refractivity (Wildman–Crippen MR) is 47.1 cm³/mol. The number of halogens is 2. The van der Waals surface area contributed by atoms with E-state index in [1.165, 1.54) is 6.07 Å². The van der Waals surface area contributed by atoms with E-state index in [4.69, 9.17) is 0 Å². The van der Waals surface area contributed by atoms with Crippen LogP contribution in [0.25, 0.3) is 0 Å². The smallest absolute Gasteiger partial charge is 0.128 e. The molecule has 0 saturated heterocycles. The van der Waals surface area contributed by atoms with Gasteiger partial charge in [0.15, 0.2) is 0 Å². The molecule has 1 atom stereocenters. The Kier molecular flexibility index (Phi) is 2.74. The summed E-state index contributed by atoms with van der Waals surface area (Å²) in [7, 11) is 0. The zero-order valence-electron chi connectivity index (χ0n) is 5.09. The lowest BCUT2D eigenvalue weighted by molar-refractivity contribution is 0.617. The zero-order valence-corrected chi connectivity index (χ0v) is 7.57. The summed E-state index contributed by atoms with van der Waals surface area (Å²) in [5.41, 5.74) is 0.575. The molecule has 0 bridgehead atoms. The van der Waals surface area contributed by atoms with Crippen LogP contribution in [0.2, 0.25) is 0 Å². The van der Waals surface area contributed by atoms with Gasteiger partial charge in [0.2, 0.25) is 0 Å². The molecule has 0 radical (unpaired) electrons. The van der Waals surface area contributed by atoms with Crippen molar-refractivity contribution >= 4 is 28.6 Å². The van der Waals surface area contributed by atoms with Crippen LogP contribution < -0.4 is 0 Å². The molecule has 1 aromatic rings. The van der Waals surface area contributed by atoms with Gasteiger partial charge in [-0.2, -0.15) is 12.6 Å². The molecule has 3 heteroatoms. The van der Waals surface area contributed by atoms with E-state index in [9.17, 15) is 4.39 Å². The number of alkyl halides is 1. The highest BCUT2D eigenvalue weighted by Gasteiger charge is 2.05. The molecular weight excluding hydrogens is 215 g/mol. The first-order valence-electron chi connectivity index (χ1n) is 2.78. The molecule has 0 heterocycles. The SMILES string of the molecule is Fc1ccccc1C(S)Br. The normalized spacial score (nSPS) is 13.1. The van der Waals surface area contributed by atoms with Crippen molar-refractivity contribution in [3.8, 4) is 0 Å². The minimum absolute atomic E-state index is 0.214. The van der Waals surface area contributed by atoms with Gasteiger partial charge in [-0.05, 0) is 6.07 Å². The molecule has 0 fully saturated rings. The van der Waals surface area contributed by atoms with Crippen LogP contribution in [0.5, 0.6) is 0 Å². The molecule has 0 N–H and O–H groups in total. The Balaban J connectivity index is 3.03. The standard InChI is InChI=1S/C7H6BrFS/c8-7(10)5-3-1-2-4-6(5)9/h1-4,7,10H. The summed E-state index contributed by atoms with van der Waals surface area (Å²) >= 11 is 7.19. The monoisotopic (exact) mass is 220 g/mol. The maximum atomic E-state index is 12.8. The molecule has 10 heavy (non-hydrogen) atoms. The van der Waals surface area contributed by atoms with Crippen LogP contribution in [0.15, 0.2) is 24.3 Å². The van der Waals surface area contributed by atoms with E-state index in [1.807, 2.05) is 0 Å². The van der Waals surface area contributed by atoms with Crippen LogP contribution in [0.3, 0.4) is 0 Å². The van der Waals surface area contributed by atoms with E-state index in [0.29, 0.717) is 5.56 Å². The van der Waals surface area contributed by atoms with Crippen molar-refractivity contribution in [2.45, 2.75) is 4.16 Å². The van der Waals surface area contributed by atoms with Gasteiger partial charge in [0.05, 0.1) is 4.16 Å². The van der Waals surface area contributed by atoms with Gasteiger partial charge in [-0.15, -0.1) is 0 Å². The average Bonchev–Trinajstić information content (AvgIpc) is 1.88. The summed E-state index contributed by atoms with van der Waals surface area (Å²) in [5, 5.41) is 0. The lowest BCUT2D eigenvalue weighted by Crippen LogP contribution is -1.85. The maximum Gasteiger partial charge on any atom is 0.128 e. The molecule has 54 valence electrons. The Bertz CT molecular complexity index is 225. The van der Waals surface area contributed by atoms with E-state index in [-0.39, 0.29) is 9.98 Å². The third kappa shape index (κ3) is 1.73. The highest BCUT2D eigenvalue weighted by atomic mass is 79.9. The fourth-order valence-electron chi connectivity index (χ4n) is 0.668. The van der Waals surface area contributed by atoms with E-state index < -0.39 is 0 Å². The Hall–Kier alpha value is -0.0200. The average molecular weight is 221 g/mol. The Morgan fingerprint density at radius 3 is 2.40 bits per heavy atom. The molecule has 0 aromatic heterocycles. The minimum atomic E-state index is -0.223. The molecule has 1 unspecified atom stereocenters. The van der Waals surface area contributed by atoms with Crippen LogP contribution in [0.4, 0.5) is 4.39 Å². The van der Waals surface area contributed by atoms with E-state index in [0.717, 1.165) is 0 Å². The van der Waals surface area contributed by atoms with E-state index in [1.54, 1.807) is 18.2 Å². The maximum absolute atomic E-state index is 12.8. The third-order valence-corrected chi connectivity index (χ3v) is 1.93. The highest BCUT2D eigenvalue weighted by molar-refractivity contribution is 9.10. The van der Waals surface area contributed by atoms with Gasteiger partial charge in [-0.1, -0.05) is 34.1 Å². The number of thiol groups is 1. The van der Waals surface area contributed by atoms with Crippen molar-refractivity contribution < 1.29 is 4.39 Å². The molecule has 0 nitrogen and oxygen atoms in total. The van der Waals surface area contributed by atoms with Crippen molar-refractivity contribution in [3.05, 3.63) is 35.6 Å². The molecule has 0 aliphatic rings. The summed E-state index contributed by atoms with van der Waals surface area (Å²) in [6.07, 6.45) is 0. The predicted octanol–water partition coefficient (Wildman–Crippen LogP) is 3.15. The van der Waals surface area contributed by atoms with Gasteiger partial charge in [-0.25, -0.2) is 4.39 Å². The lowest BCUT2D eigenvalue weighted by Gasteiger charge is -2.02. The van der Waals surface area contributed by atoms with Gasteiger partial charge in [0, 0.05) is 5.56 Å². The van der Waals surface area contributed by atoms with Crippen molar-refractivity contribution in [3.63, 3.8) is 0 Å². The lowest BCUT2D eigenvalue weighted by atomic mass is 10.2. The van der Waals surface area contributed by atoms with Gasteiger partial charge in [0.1, 0.15) is 5.82 Å². The van der Waals surface area contributed by atoms with Crippen molar-refractivity contribution in [2.75, 3.05) is 0 Å². The quantitative estimate of drug-likeness (QED) is 0.546. The second kappa shape index (κ2) is 3.39. The fourth-order valence-corrected chi connectivity index (χ4v) is 1.25. The van der Waals surface area contributed by atoms with Gasteiger partial charge in [0.25, 0.3) is 0 Å². The van der Waals surface area contributed by atoms with Crippen LogP contribution in [-0.2, 0) is 0 Å². The molecule has 1 aromatic carbocycles. The third-order valence-electron chi connectivity index (χ3n) is 1.16. The van der Waals surface area contributed by atoms with Crippen LogP contribution >= 0.6 is 28.6 Å². The molecule has 0 spiro atoms. The summed E-state index contributed by atoms with van der Waals surface area (Å²) < 4.78 is 12.5.